The zero-order chi connectivity index (χ0) is 24.4. The van der Waals surface area contributed by atoms with Crippen LogP contribution in [0, 0.1) is 17.8 Å². The van der Waals surface area contributed by atoms with Crippen molar-refractivity contribution >= 4 is 26.7 Å². The summed E-state index contributed by atoms with van der Waals surface area (Å²) in [5.74, 6) is 7.59. The molecule has 8 nitrogen and oxygen atoms in total. The molecule has 0 radical (unpaired) electrons. The summed E-state index contributed by atoms with van der Waals surface area (Å²) in [7, 11) is -2.36. The van der Waals surface area contributed by atoms with E-state index in [-0.39, 0.29) is 16.3 Å². The molecule has 4 aromatic rings. The molecule has 0 bridgehead atoms. The van der Waals surface area contributed by atoms with Crippen LogP contribution in [-0.2, 0) is 10.0 Å². The van der Waals surface area contributed by atoms with Crippen LogP contribution < -0.4 is 15.0 Å². The van der Waals surface area contributed by atoms with Gasteiger partial charge in [0.15, 0.2) is 5.82 Å². The maximum Gasteiger partial charge on any atom is 0.263 e. The second-order valence-electron chi connectivity index (χ2n) is 8.36. The first-order valence-electron chi connectivity index (χ1n) is 11.2. The third-order valence-electron chi connectivity index (χ3n) is 6.05. The number of hydrogen-bond acceptors (Lipinski definition) is 6. The molecule has 0 aliphatic heterocycles. The molecule has 0 unspecified atom stereocenters. The second-order valence-corrected chi connectivity index (χ2v) is 10.0. The monoisotopic (exact) mass is 489 g/mol. The van der Waals surface area contributed by atoms with Crippen molar-refractivity contribution in [2.24, 2.45) is 5.92 Å². The molecule has 0 spiro atoms. The van der Waals surface area contributed by atoms with Gasteiger partial charge in [0.1, 0.15) is 12.0 Å². The maximum atomic E-state index is 13.0. The van der Waals surface area contributed by atoms with Crippen LogP contribution in [-0.4, -0.2) is 25.3 Å². The van der Waals surface area contributed by atoms with Crippen molar-refractivity contribution in [1.29, 1.82) is 0 Å². The highest BCUT2D eigenvalue weighted by Crippen LogP contribution is 2.28. The number of anilines is 1. The first kappa shape index (κ1) is 22.7. The Hall–Kier alpha value is -4.03. The van der Waals surface area contributed by atoms with Gasteiger partial charge in [-0.25, -0.2) is 8.42 Å². The normalized spacial score (nSPS) is 14.0. The van der Waals surface area contributed by atoms with Crippen LogP contribution in [0.1, 0.15) is 31.2 Å². The van der Waals surface area contributed by atoms with Crippen molar-refractivity contribution in [2.75, 3.05) is 11.8 Å². The lowest BCUT2D eigenvalue weighted by atomic mass is 10.1. The number of fused-ring (bicyclic) bond motifs is 1. The summed E-state index contributed by atoms with van der Waals surface area (Å²) >= 11 is 0. The van der Waals surface area contributed by atoms with Crippen molar-refractivity contribution in [3.63, 3.8) is 0 Å². The first-order chi connectivity index (χ1) is 16.9. The van der Waals surface area contributed by atoms with E-state index in [1.807, 2.05) is 12.1 Å². The van der Waals surface area contributed by atoms with Crippen molar-refractivity contribution in [3.8, 4) is 23.3 Å². The average molecular weight is 490 g/mol. The van der Waals surface area contributed by atoms with Crippen LogP contribution in [0.3, 0.4) is 0 Å². The van der Waals surface area contributed by atoms with Gasteiger partial charge in [0, 0.05) is 29.0 Å². The fourth-order valence-corrected chi connectivity index (χ4v) is 5.33. The first-order valence-corrected chi connectivity index (χ1v) is 12.7. The minimum Gasteiger partial charge on any atom is -0.495 e. The van der Waals surface area contributed by atoms with Gasteiger partial charge in [-0.05, 0) is 55.3 Å². The van der Waals surface area contributed by atoms with E-state index >= 15 is 0 Å². The fraction of sp³-hybridized carbons (Fsp3) is 0.231. The quantitative estimate of drug-likeness (QED) is 0.419. The lowest BCUT2D eigenvalue weighted by Gasteiger charge is -2.15. The minimum atomic E-state index is -3.90. The molecule has 2 aromatic heterocycles. The highest BCUT2D eigenvalue weighted by molar-refractivity contribution is 7.92. The number of ether oxygens (including phenoxy) is 1. The highest BCUT2D eigenvalue weighted by Gasteiger charge is 2.18. The van der Waals surface area contributed by atoms with Crippen molar-refractivity contribution in [2.45, 2.75) is 30.6 Å². The van der Waals surface area contributed by atoms with Crippen LogP contribution in [0.2, 0.25) is 0 Å². The predicted molar refractivity (Wildman–Crippen MR) is 132 cm³/mol. The van der Waals surface area contributed by atoms with E-state index < -0.39 is 10.0 Å². The summed E-state index contributed by atoms with van der Waals surface area (Å²) in [5, 5.41) is 4.15. The Labute approximate surface area is 202 Å². The summed E-state index contributed by atoms with van der Waals surface area (Å²) in [6, 6.07) is 14.5. The predicted octanol–water partition coefficient (Wildman–Crippen LogP) is 4.33. The topological polar surface area (TPSA) is 103 Å². The molecule has 9 heteroatoms. The molecule has 35 heavy (non-hydrogen) atoms. The van der Waals surface area contributed by atoms with Gasteiger partial charge >= 0.3 is 0 Å². The molecule has 1 N–H and O–H groups in total. The number of aromatic nitrogens is 2. The van der Waals surface area contributed by atoms with Gasteiger partial charge < -0.3 is 9.26 Å². The van der Waals surface area contributed by atoms with Crippen molar-refractivity contribution in [1.82, 2.24) is 9.72 Å². The van der Waals surface area contributed by atoms with Gasteiger partial charge in [0.25, 0.3) is 15.6 Å². The molecule has 0 atom stereocenters. The van der Waals surface area contributed by atoms with E-state index in [0.717, 1.165) is 18.4 Å². The van der Waals surface area contributed by atoms with Crippen molar-refractivity contribution < 1.29 is 17.7 Å². The Morgan fingerprint density at radius 1 is 1.09 bits per heavy atom. The average Bonchev–Trinajstić information content (AvgIpc) is 3.56. The van der Waals surface area contributed by atoms with E-state index in [0.29, 0.717) is 28.3 Å². The molecule has 2 heterocycles. The lowest BCUT2D eigenvalue weighted by Crippen LogP contribution is -2.19. The third-order valence-corrected chi connectivity index (χ3v) is 7.40. The number of pyridine rings is 1. The Balaban J connectivity index is 1.59. The Kier molecular flexibility index (Phi) is 6.05. The van der Waals surface area contributed by atoms with Gasteiger partial charge in [-0.15, -0.1) is 0 Å². The zero-order valence-electron chi connectivity index (χ0n) is 19.0. The molecule has 1 aliphatic carbocycles. The minimum absolute atomic E-state index is 0.0290. The van der Waals surface area contributed by atoms with Gasteiger partial charge in [0.2, 0.25) is 0 Å². The number of benzene rings is 2. The SMILES string of the molecule is COc1ccc(C#CC2CCCC2)cc1-n1c(=O)ccc2cc(S(=O)(=O)Nc3ccon3)ccc21. The molecule has 0 amide bonds. The summed E-state index contributed by atoms with van der Waals surface area (Å²) in [6.07, 6.45) is 5.94. The van der Waals surface area contributed by atoms with Gasteiger partial charge in [-0.3, -0.25) is 14.1 Å². The standard InChI is InChI=1S/C26H23N3O5S/c1-33-24-12-8-19(7-6-18-4-2-3-5-18)16-23(24)29-22-11-10-21(17-20(22)9-13-26(29)30)35(31,32)28-25-14-15-34-27-25/h8-18H,2-5H2,1H3,(H,27,28). The van der Waals surface area contributed by atoms with E-state index in [4.69, 9.17) is 4.74 Å². The number of methoxy groups -OCH3 is 1. The molecule has 1 aliphatic rings. The van der Waals surface area contributed by atoms with Crippen LogP contribution in [0.4, 0.5) is 5.82 Å². The van der Waals surface area contributed by atoms with E-state index in [9.17, 15) is 13.2 Å². The largest absolute Gasteiger partial charge is 0.495 e. The molecule has 0 saturated heterocycles. The van der Waals surface area contributed by atoms with Crippen molar-refractivity contribution in [3.05, 3.63) is 76.8 Å². The summed E-state index contributed by atoms with van der Waals surface area (Å²) < 4.78 is 39.7. The molecule has 1 fully saturated rings. The summed E-state index contributed by atoms with van der Waals surface area (Å²) in [4.78, 5) is 13.0. The number of nitrogens with one attached hydrogen (secondary N) is 1. The molecule has 2 aromatic carbocycles. The van der Waals surface area contributed by atoms with Crippen LogP contribution in [0.5, 0.6) is 5.75 Å². The van der Waals surface area contributed by atoms with Gasteiger partial charge in [0.05, 0.1) is 23.2 Å². The zero-order valence-corrected chi connectivity index (χ0v) is 19.8. The van der Waals surface area contributed by atoms with Crippen LogP contribution in [0.15, 0.2) is 75.1 Å². The molecular weight excluding hydrogens is 466 g/mol. The molecule has 1 saturated carbocycles. The second kappa shape index (κ2) is 9.31. The van der Waals surface area contributed by atoms with Crippen LogP contribution in [0.25, 0.3) is 16.6 Å². The number of rotatable bonds is 5. The molecule has 178 valence electrons. The highest BCUT2D eigenvalue weighted by atomic mass is 32.2. The Morgan fingerprint density at radius 2 is 1.91 bits per heavy atom. The van der Waals surface area contributed by atoms with Gasteiger partial charge in [-0.2, -0.15) is 0 Å². The number of sulfonamides is 1. The number of nitrogens with zero attached hydrogens (tertiary/aromatic N) is 2. The summed E-state index contributed by atoms with van der Waals surface area (Å²) in [6.45, 7) is 0. The molecule has 5 rings (SSSR count). The van der Waals surface area contributed by atoms with E-state index in [2.05, 4.69) is 26.2 Å². The Morgan fingerprint density at radius 3 is 2.66 bits per heavy atom. The molecular formula is C26H23N3O5S. The summed E-state index contributed by atoms with van der Waals surface area (Å²) in [5.41, 5.74) is 1.59. The third kappa shape index (κ3) is 4.66. The fourth-order valence-electron chi connectivity index (χ4n) is 4.30. The van der Waals surface area contributed by atoms with E-state index in [1.54, 1.807) is 25.3 Å². The van der Waals surface area contributed by atoms with Gasteiger partial charge in [-0.1, -0.05) is 29.8 Å². The van der Waals surface area contributed by atoms with E-state index in [1.165, 1.54) is 47.9 Å². The smallest absolute Gasteiger partial charge is 0.263 e. The van der Waals surface area contributed by atoms with Crippen LogP contribution >= 0.6 is 0 Å². The number of hydrogen-bond donors (Lipinski definition) is 1. The Bertz CT molecular complexity index is 1610. The lowest BCUT2D eigenvalue weighted by molar-refractivity contribution is 0.413. The maximum absolute atomic E-state index is 13.0.